The molecule has 0 spiro atoms. The van der Waals surface area contributed by atoms with Crippen LogP contribution in [0.3, 0.4) is 0 Å². The molecule has 2 atom stereocenters. The Kier molecular flexibility index (Phi) is 4.22. The summed E-state index contributed by atoms with van der Waals surface area (Å²) >= 11 is 0. The monoisotopic (exact) mass is 231 g/mol. The number of nitrogens with one attached hydrogen (secondary N) is 1. The Bertz CT molecular complexity index is 370. The van der Waals surface area contributed by atoms with E-state index in [1.807, 2.05) is 0 Å². The predicted octanol–water partition coefficient (Wildman–Crippen LogP) is 3.62. The fourth-order valence-corrected chi connectivity index (χ4v) is 3.07. The van der Waals surface area contributed by atoms with Gasteiger partial charge in [0.1, 0.15) is 0 Å². The number of aryl methyl sites for hydroxylation is 2. The van der Waals surface area contributed by atoms with Gasteiger partial charge in [-0.2, -0.15) is 0 Å². The zero-order chi connectivity index (χ0) is 12.3. The third-order valence-electron chi connectivity index (χ3n) is 4.05. The van der Waals surface area contributed by atoms with Gasteiger partial charge in [-0.1, -0.05) is 30.7 Å². The lowest BCUT2D eigenvalue weighted by Crippen LogP contribution is -2.25. The van der Waals surface area contributed by atoms with Gasteiger partial charge in [0, 0.05) is 6.04 Å². The molecule has 0 heterocycles. The highest BCUT2D eigenvalue weighted by Crippen LogP contribution is 2.29. The molecule has 0 radical (unpaired) electrons. The first-order valence-electron chi connectivity index (χ1n) is 6.98. The average molecular weight is 231 g/mol. The molecule has 1 aliphatic carbocycles. The van der Waals surface area contributed by atoms with Crippen LogP contribution >= 0.6 is 0 Å². The van der Waals surface area contributed by atoms with Crippen LogP contribution in [0.4, 0.5) is 0 Å². The molecule has 0 aliphatic heterocycles. The van der Waals surface area contributed by atoms with Gasteiger partial charge in [-0.3, -0.25) is 0 Å². The van der Waals surface area contributed by atoms with Crippen molar-refractivity contribution < 1.29 is 0 Å². The van der Waals surface area contributed by atoms with E-state index in [0.717, 1.165) is 18.5 Å². The van der Waals surface area contributed by atoms with Crippen molar-refractivity contribution in [2.75, 3.05) is 6.54 Å². The van der Waals surface area contributed by atoms with Crippen LogP contribution in [-0.2, 0) is 6.42 Å². The maximum atomic E-state index is 3.59. The van der Waals surface area contributed by atoms with Gasteiger partial charge in [0.25, 0.3) is 0 Å². The van der Waals surface area contributed by atoms with E-state index in [0.29, 0.717) is 0 Å². The maximum Gasteiger partial charge on any atom is 0.00698 e. The van der Waals surface area contributed by atoms with Crippen LogP contribution in [0.25, 0.3) is 0 Å². The fraction of sp³-hybridized carbons (Fsp3) is 0.625. The zero-order valence-electron chi connectivity index (χ0n) is 11.4. The van der Waals surface area contributed by atoms with E-state index in [1.165, 1.54) is 36.8 Å². The highest BCUT2D eigenvalue weighted by atomic mass is 14.9. The molecule has 2 unspecified atom stereocenters. The molecule has 1 heteroatoms. The minimum Gasteiger partial charge on any atom is -0.314 e. The quantitative estimate of drug-likeness (QED) is 0.834. The van der Waals surface area contributed by atoms with Crippen LogP contribution in [0.15, 0.2) is 18.2 Å². The molecule has 94 valence electrons. The minimum absolute atomic E-state index is 0.773. The first kappa shape index (κ1) is 12.6. The van der Waals surface area contributed by atoms with Gasteiger partial charge < -0.3 is 5.32 Å². The molecular weight excluding hydrogens is 206 g/mol. The first-order valence-corrected chi connectivity index (χ1v) is 6.98. The smallest absolute Gasteiger partial charge is 0.00698 e. The molecule has 1 aromatic carbocycles. The Morgan fingerprint density at radius 3 is 2.82 bits per heavy atom. The van der Waals surface area contributed by atoms with Crippen LogP contribution in [0.5, 0.6) is 0 Å². The second kappa shape index (κ2) is 5.68. The van der Waals surface area contributed by atoms with Crippen molar-refractivity contribution in [1.29, 1.82) is 0 Å². The fourth-order valence-electron chi connectivity index (χ4n) is 3.07. The largest absolute Gasteiger partial charge is 0.314 e. The third-order valence-corrected chi connectivity index (χ3v) is 4.05. The number of hydrogen-bond acceptors (Lipinski definition) is 1. The van der Waals surface area contributed by atoms with E-state index >= 15 is 0 Å². The van der Waals surface area contributed by atoms with Crippen molar-refractivity contribution in [3.8, 4) is 0 Å². The Labute approximate surface area is 106 Å². The summed E-state index contributed by atoms with van der Waals surface area (Å²) < 4.78 is 0. The van der Waals surface area contributed by atoms with Crippen LogP contribution in [0, 0.1) is 19.8 Å². The Hall–Kier alpha value is -0.820. The zero-order valence-corrected chi connectivity index (χ0v) is 11.4. The van der Waals surface area contributed by atoms with E-state index in [9.17, 15) is 0 Å². The highest BCUT2D eigenvalue weighted by molar-refractivity contribution is 5.30. The van der Waals surface area contributed by atoms with E-state index in [1.54, 1.807) is 5.56 Å². The Balaban J connectivity index is 1.95. The summed E-state index contributed by atoms with van der Waals surface area (Å²) in [6.45, 7) is 7.75. The van der Waals surface area contributed by atoms with Crippen LogP contribution in [0.2, 0.25) is 0 Å². The summed E-state index contributed by atoms with van der Waals surface area (Å²) in [5, 5.41) is 3.59. The van der Waals surface area contributed by atoms with Gasteiger partial charge in [0.2, 0.25) is 0 Å². The Morgan fingerprint density at radius 2 is 2.06 bits per heavy atom. The normalized spacial score (nSPS) is 24.2. The molecular formula is C16H25N. The lowest BCUT2D eigenvalue weighted by molar-refractivity contribution is 0.493. The van der Waals surface area contributed by atoms with Crippen molar-refractivity contribution in [2.45, 2.75) is 52.5 Å². The van der Waals surface area contributed by atoms with E-state index in [4.69, 9.17) is 0 Å². The topological polar surface area (TPSA) is 12.0 Å². The second-order valence-corrected chi connectivity index (χ2v) is 5.57. The van der Waals surface area contributed by atoms with E-state index in [-0.39, 0.29) is 0 Å². The van der Waals surface area contributed by atoms with Crippen molar-refractivity contribution in [3.63, 3.8) is 0 Å². The minimum atomic E-state index is 0.773. The van der Waals surface area contributed by atoms with Crippen molar-refractivity contribution >= 4 is 0 Å². The molecule has 1 fully saturated rings. The second-order valence-electron chi connectivity index (χ2n) is 5.57. The van der Waals surface area contributed by atoms with Gasteiger partial charge in [0.15, 0.2) is 0 Å². The van der Waals surface area contributed by atoms with Crippen LogP contribution in [0.1, 0.15) is 42.9 Å². The summed E-state index contributed by atoms with van der Waals surface area (Å²) in [5.74, 6) is 0.888. The third kappa shape index (κ3) is 3.32. The van der Waals surface area contributed by atoms with Gasteiger partial charge in [-0.25, -0.2) is 0 Å². The van der Waals surface area contributed by atoms with Crippen LogP contribution in [-0.4, -0.2) is 12.6 Å². The summed E-state index contributed by atoms with van der Waals surface area (Å²) in [7, 11) is 0. The van der Waals surface area contributed by atoms with Gasteiger partial charge in [-0.15, -0.1) is 0 Å². The first-order chi connectivity index (χ1) is 8.19. The van der Waals surface area contributed by atoms with E-state index in [2.05, 4.69) is 44.3 Å². The SMILES string of the molecule is CCNC1CCC(Cc2cc(C)ccc2C)C1. The standard InChI is InChI=1S/C16H25N/c1-4-17-16-8-7-14(11-16)10-15-9-12(2)5-6-13(15)3/h5-6,9,14,16-17H,4,7-8,10-11H2,1-3H3. The Morgan fingerprint density at radius 1 is 1.24 bits per heavy atom. The van der Waals surface area contributed by atoms with Crippen molar-refractivity contribution in [2.24, 2.45) is 5.92 Å². The molecule has 0 aromatic heterocycles. The molecule has 0 amide bonds. The molecule has 1 aliphatic rings. The molecule has 17 heavy (non-hydrogen) atoms. The number of rotatable bonds is 4. The summed E-state index contributed by atoms with van der Waals surface area (Å²) in [6, 6.07) is 7.63. The summed E-state index contributed by atoms with van der Waals surface area (Å²) in [4.78, 5) is 0. The number of benzene rings is 1. The molecule has 0 saturated heterocycles. The summed E-state index contributed by atoms with van der Waals surface area (Å²) in [5.41, 5.74) is 4.42. The lowest BCUT2D eigenvalue weighted by Gasteiger charge is -2.14. The summed E-state index contributed by atoms with van der Waals surface area (Å²) in [6.07, 6.45) is 5.39. The lowest BCUT2D eigenvalue weighted by atomic mass is 9.93. The molecule has 1 N–H and O–H groups in total. The molecule has 1 aromatic rings. The molecule has 1 nitrogen and oxygen atoms in total. The van der Waals surface area contributed by atoms with Crippen molar-refractivity contribution in [1.82, 2.24) is 5.32 Å². The van der Waals surface area contributed by atoms with Crippen molar-refractivity contribution in [3.05, 3.63) is 34.9 Å². The molecule has 1 saturated carbocycles. The van der Waals surface area contributed by atoms with Crippen LogP contribution < -0.4 is 5.32 Å². The van der Waals surface area contributed by atoms with Gasteiger partial charge in [0.05, 0.1) is 0 Å². The predicted molar refractivity (Wildman–Crippen MR) is 74.4 cm³/mol. The average Bonchev–Trinajstić information content (AvgIpc) is 2.72. The van der Waals surface area contributed by atoms with Gasteiger partial charge >= 0.3 is 0 Å². The molecule has 0 bridgehead atoms. The van der Waals surface area contributed by atoms with Gasteiger partial charge in [-0.05, 0) is 63.1 Å². The highest BCUT2D eigenvalue weighted by Gasteiger charge is 2.24. The van der Waals surface area contributed by atoms with E-state index < -0.39 is 0 Å². The number of hydrogen-bond donors (Lipinski definition) is 1. The molecule has 2 rings (SSSR count). The maximum absolute atomic E-state index is 3.59.